The number of allylic oxidation sites excluding steroid dienone is 1. The van der Waals surface area contributed by atoms with E-state index in [0.29, 0.717) is 17.6 Å². The largest absolute Gasteiger partial charge is 0.332 e. The smallest absolute Gasteiger partial charge is 0.292 e. The fourth-order valence-corrected chi connectivity index (χ4v) is 2.50. The molecule has 0 fully saturated rings. The number of aromatic nitrogens is 4. The Balaban J connectivity index is 2.20. The number of nitrogens with zero attached hydrogens (tertiary/aromatic N) is 5. The summed E-state index contributed by atoms with van der Waals surface area (Å²) >= 11 is 0. The standard InChI is InChI=1S/C14H15N5O2/c1-14(4-3-5-15-7-14)8-19-12(20)10-6-16-9-17-11(10)18(2)13(19)21/h3-6,9H,7-8H2,1-2H3. The SMILES string of the molecule is Cn1c(=O)n(CC2(C)C=CC=NC2)c(=O)c2cncnc21. The van der Waals surface area contributed by atoms with Crippen LogP contribution in [0.1, 0.15) is 6.92 Å². The van der Waals surface area contributed by atoms with Crippen molar-refractivity contribution < 1.29 is 0 Å². The highest BCUT2D eigenvalue weighted by atomic mass is 16.2. The molecule has 1 atom stereocenters. The predicted molar refractivity (Wildman–Crippen MR) is 79.6 cm³/mol. The maximum Gasteiger partial charge on any atom is 0.332 e. The lowest BCUT2D eigenvalue weighted by atomic mass is 9.89. The molecular formula is C14H15N5O2. The first-order valence-corrected chi connectivity index (χ1v) is 6.59. The van der Waals surface area contributed by atoms with Crippen molar-refractivity contribution in [2.24, 2.45) is 17.5 Å². The number of fused-ring (bicyclic) bond motifs is 1. The van der Waals surface area contributed by atoms with Crippen LogP contribution in [-0.2, 0) is 13.6 Å². The summed E-state index contributed by atoms with van der Waals surface area (Å²) in [4.78, 5) is 37.0. The van der Waals surface area contributed by atoms with Gasteiger partial charge in [0.05, 0.1) is 0 Å². The van der Waals surface area contributed by atoms with Crippen LogP contribution in [0.4, 0.5) is 0 Å². The molecule has 7 heteroatoms. The zero-order chi connectivity index (χ0) is 15.0. The number of dihydropyridines is 1. The van der Waals surface area contributed by atoms with Gasteiger partial charge >= 0.3 is 5.69 Å². The third-order valence-corrected chi connectivity index (χ3v) is 3.66. The summed E-state index contributed by atoms with van der Waals surface area (Å²) in [5.74, 6) is 0. The van der Waals surface area contributed by atoms with Gasteiger partial charge in [0.1, 0.15) is 11.7 Å². The molecule has 1 aliphatic rings. The van der Waals surface area contributed by atoms with Crippen molar-refractivity contribution >= 4 is 17.2 Å². The van der Waals surface area contributed by atoms with Gasteiger partial charge in [-0.3, -0.25) is 18.9 Å². The third-order valence-electron chi connectivity index (χ3n) is 3.66. The van der Waals surface area contributed by atoms with E-state index in [9.17, 15) is 9.59 Å². The zero-order valence-corrected chi connectivity index (χ0v) is 11.9. The van der Waals surface area contributed by atoms with Crippen LogP contribution in [0.2, 0.25) is 0 Å². The van der Waals surface area contributed by atoms with Gasteiger partial charge in [0.15, 0.2) is 5.65 Å². The highest BCUT2D eigenvalue weighted by Gasteiger charge is 2.25. The van der Waals surface area contributed by atoms with Gasteiger partial charge in [-0.1, -0.05) is 13.0 Å². The van der Waals surface area contributed by atoms with Crippen LogP contribution < -0.4 is 11.2 Å². The molecule has 2 aromatic heterocycles. The first-order chi connectivity index (χ1) is 10.0. The van der Waals surface area contributed by atoms with Crippen LogP contribution in [0.15, 0.2) is 39.3 Å². The molecule has 0 amide bonds. The molecule has 0 spiro atoms. The summed E-state index contributed by atoms with van der Waals surface area (Å²) < 4.78 is 2.61. The van der Waals surface area contributed by atoms with Crippen LogP contribution in [0.25, 0.3) is 11.0 Å². The molecule has 1 aliphatic heterocycles. The minimum atomic E-state index is -0.379. The fraction of sp³-hybridized carbons (Fsp3) is 0.357. The minimum absolute atomic E-state index is 0.275. The van der Waals surface area contributed by atoms with Crippen molar-refractivity contribution in [2.75, 3.05) is 6.54 Å². The average Bonchev–Trinajstić information content (AvgIpc) is 2.50. The topological polar surface area (TPSA) is 82.1 Å². The summed E-state index contributed by atoms with van der Waals surface area (Å²) in [5.41, 5.74) is -0.750. The van der Waals surface area contributed by atoms with E-state index >= 15 is 0 Å². The number of hydrogen-bond acceptors (Lipinski definition) is 5. The number of hydrogen-bond donors (Lipinski definition) is 0. The number of aliphatic imine (C=N–C) groups is 1. The predicted octanol–water partition coefficient (Wildman–Crippen LogP) is 0.137. The first-order valence-electron chi connectivity index (χ1n) is 6.59. The summed E-state index contributed by atoms with van der Waals surface area (Å²) in [6.07, 6.45) is 8.29. The second kappa shape index (κ2) is 4.76. The molecule has 0 aliphatic carbocycles. The Labute approximate surface area is 120 Å². The van der Waals surface area contributed by atoms with E-state index in [1.165, 1.54) is 21.7 Å². The van der Waals surface area contributed by atoms with Crippen LogP contribution in [0.5, 0.6) is 0 Å². The summed E-state index contributed by atoms with van der Waals surface area (Å²) in [7, 11) is 1.60. The Hall–Kier alpha value is -2.57. The van der Waals surface area contributed by atoms with Gasteiger partial charge in [0.25, 0.3) is 5.56 Å². The van der Waals surface area contributed by atoms with Gasteiger partial charge in [0.2, 0.25) is 0 Å². The van der Waals surface area contributed by atoms with E-state index in [-0.39, 0.29) is 23.2 Å². The van der Waals surface area contributed by atoms with Gasteiger partial charge in [-0.25, -0.2) is 14.8 Å². The van der Waals surface area contributed by atoms with Gasteiger partial charge < -0.3 is 0 Å². The maximum absolute atomic E-state index is 12.5. The monoisotopic (exact) mass is 285 g/mol. The maximum atomic E-state index is 12.5. The quantitative estimate of drug-likeness (QED) is 0.785. The molecule has 3 heterocycles. The van der Waals surface area contributed by atoms with E-state index in [1.54, 1.807) is 13.3 Å². The highest BCUT2D eigenvalue weighted by molar-refractivity contribution is 5.73. The van der Waals surface area contributed by atoms with E-state index in [1.807, 2.05) is 19.1 Å². The lowest BCUT2D eigenvalue weighted by molar-refractivity contribution is 0.351. The van der Waals surface area contributed by atoms with Gasteiger partial charge in [0, 0.05) is 38.0 Å². The van der Waals surface area contributed by atoms with Crippen molar-refractivity contribution in [1.29, 1.82) is 0 Å². The second-order valence-corrected chi connectivity index (χ2v) is 5.50. The summed E-state index contributed by atoms with van der Waals surface area (Å²) in [6.45, 7) is 2.79. The molecule has 21 heavy (non-hydrogen) atoms. The third kappa shape index (κ3) is 2.20. The van der Waals surface area contributed by atoms with Crippen molar-refractivity contribution in [3.8, 4) is 0 Å². The van der Waals surface area contributed by atoms with Crippen molar-refractivity contribution in [2.45, 2.75) is 13.5 Å². The lowest BCUT2D eigenvalue weighted by Gasteiger charge is -2.26. The van der Waals surface area contributed by atoms with Gasteiger partial charge in [-0.15, -0.1) is 0 Å². The molecule has 108 valence electrons. The molecule has 0 radical (unpaired) electrons. The Morgan fingerprint density at radius 3 is 2.90 bits per heavy atom. The van der Waals surface area contributed by atoms with Crippen molar-refractivity contribution in [1.82, 2.24) is 19.1 Å². The lowest BCUT2D eigenvalue weighted by Crippen LogP contribution is -2.43. The molecule has 1 unspecified atom stereocenters. The van der Waals surface area contributed by atoms with Crippen molar-refractivity contribution in [3.63, 3.8) is 0 Å². The Bertz CT molecular complexity index is 877. The summed E-state index contributed by atoms with van der Waals surface area (Å²) in [5, 5.41) is 0.339. The van der Waals surface area contributed by atoms with Crippen molar-refractivity contribution in [3.05, 3.63) is 45.5 Å². The van der Waals surface area contributed by atoms with Gasteiger partial charge in [-0.05, 0) is 6.08 Å². The summed E-state index contributed by atoms with van der Waals surface area (Å²) in [6, 6.07) is 0. The Kier molecular flexibility index (Phi) is 3.04. The van der Waals surface area contributed by atoms with Gasteiger partial charge in [-0.2, -0.15) is 0 Å². The number of aryl methyl sites for hydroxylation is 1. The van der Waals surface area contributed by atoms with Crippen LogP contribution in [-0.4, -0.2) is 31.9 Å². The molecule has 0 aromatic carbocycles. The van der Waals surface area contributed by atoms with E-state index in [2.05, 4.69) is 15.0 Å². The number of rotatable bonds is 2. The first kappa shape index (κ1) is 13.4. The minimum Gasteiger partial charge on any atom is -0.292 e. The van der Waals surface area contributed by atoms with E-state index in [0.717, 1.165) is 0 Å². The molecular weight excluding hydrogens is 270 g/mol. The average molecular weight is 285 g/mol. The molecule has 0 saturated heterocycles. The fourth-order valence-electron chi connectivity index (χ4n) is 2.50. The van der Waals surface area contributed by atoms with E-state index < -0.39 is 0 Å². The molecule has 0 bridgehead atoms. The molecule has 0 N–H and O–H groups in total. The zero-order valence-electron chi connectivity index (χ0n) is 11.9. The molecule has 7 nitrogen and oxygen atoms in total. The Morgan fingerprint density at radius 1 is 1.38 bits per heavy atom. The molecule has 2 aromatic rings. The normalized spacial score (nSPS) is 21.0. The van der Waals surface area contributed by atoms with Crippen LogP contribution in [0.3, 0.4) is 0 Å². The van der Waals surface area contributed by atoms with E-state index in [4.69, 9.17) is 0 Å². The highest BCUT2D eigenvalue weighted by Crippen LogP contribution is 2.22. The second-order valence-electron chi connectivity index (χ2n) is 5.50. The molecule has 3 rings (SSSR count). The molecule has 0 saturated carbocycles. The van der Waals surface area contributed by atoms with Crippen LogP contribution in [0, 0.1) is 5.41 Å². The Morgan fingerprint density at radius 2 is 2.19 bits per heavy atom. The van der Waals surface area contributed by atoms with Crippen LogP contribution >= 0.6 is 0 Å².